The van der Waals surface area contributed by atoms with Crippen LogP contribution in [0.4, 0.5) is 0 Å². The summed E-state index contributed by atoms with van der Waals surface area (Å²) < 4.78 is 0. The molecule has 0 radical (unpaired) electrons. The zero-order valence-electron chi connectivity index (χ0n) is 10.4. The Bertz CT molecular complexity index is 676. The SMILES string of the molecule is Cc1ccc(C)c(-c2nc3c(c(=O)[nH]2)CSC3)c1. The molecule has 18 heavy (non-hydrogen) atoms. The number of nitrogens with zero attached hydrogens (tertiary/aromatic N) is 1. The van der Waals surface area contributed by atoms with Crippen LogP contribution in [-0.4, -0.2) is 9.97 Å². The minimum Gasteiger partial charge on any atom is -0.306 e. The van der Waals surface area contributed by atoms with Gasteiger partial charge in [-0.05, 0) is 25.5 Å². The molecule has 1 aliphatic rings. The summed E-state index contributed by atoms with van der Waals surface area (Å²) in [6.07, 6.45) is 0. The van der Waals surface area contributed by atoms with Crippen LogP contribution < -0.4 is 5.56 Å². The Kier molecular flexibility index (Phi) is 2.74. The molecule has 2 heterocycles. The predicted molar refractivity (Wildman–Crippen MR) is 74.8 cm³/mol. The molecule has 0 saturated heterocycles. The molecule has 3 rings (SSSR count). The first-order chi connectivity index (χ1) is 8.65. The van der Waals surface area contributed by atoms with Crippen LogP contribution in [0.3, 0.4) is 0 Å². The Hall–Kier alpha value is -1.55. The Labute approximate surface area is 110 Å². The first-order valence-electron chi connectivity index (χ1n) is 5.92. The highest BCUT2D eigenvalue weighted by Crippen LogP contribution is 2.28. The van der Waals surface area contributed by atoms with E-state index in [4.69, 9.17) is 0 Å². The highest BCUT2D eigenvalue weighted by Gasteiger charge is 2.18. The molecule has 0 atom stereocenters. The molecule has 1 aromatic carbocycles. The topological polar surface area (TPSA) is 45.8 Å². The molecule has 0 fully saturated rings. The Morgan fingerprint density at radius 1 is 1.28 bits per heavy atom. The number of nitrogens with one attached hydrogen (secondary N) is 1. The Morgan fingerprint density at radius 3 is 2.94 bits per heavy atom. The van der Waals surface area contributed by atoms with Gasteiger partial charge in [-0.25, -0.2) is 4.98 Å². The second-order valence-corrected chi connectivity index (χ2v) is 5.64. The molecule has 0 spiro atoms. The van der Waals surface area contributed by atoms with E-state index >= 15 is 0 Å². The van der Waals surface area contributed by atoms with Crippen LogP contribution in [0.5, 0.6) is 0 Å². The van der Waals surface area contributed by atoms with Gasteiger partial charge in [0, 0.05) is 22.6 Å². The Morgan fingerprint density at radius 2 is 2.11 bits per heavy atom. The van der Waals surface area contributed by atoms with E-state index in [9.17, 15) is 4.79 Å². The van der Waals surface area contributed by atoms with E-state index in [1.54, 1.807) is 11.8 Å². The number of aromatic amines is 1. The molecule has 0 unspecified atom stereocenters. The summed E-state index contributed by atoms with van der Waals surface area (Å²) >= 11 is 1.75. The van der Waals surface area contributed by atoms with E-state index in [1.807, 2.05) is 13.8 Å². The second-order valence-electron chi connectivity index (χ2n) is 4.65. The standard InChI is InChI=1S/C14H14N2OS/c1-8-3-4-9(2)10(5-8)13-15-12-7-18-6-11(12)14(17)16-13/h3-5H,6-7H2,1-2H3,(H,15,16,17). The molecule has 4 heteroatoms. The van der Waals surface area contributed by atoms with Crippen LogP contribution >= 0.6 is 11.8 Å². The summed E-state index contributed by atoms with van der Waals surface area (Å²) in [7, 11) is 0. The van der Waals surface area contributed by atoms with Gasteiger partial charge in [-0.1, -0.05) is 17.7 Å². The Balaban J connectivity index is 2.21. The first kappa shape index (κ1) is 11.5. The summed E-state index contributed by atoms with van der Waals surface area (Å²) in [5.41, 5.74) is 5.13. The molecule has 3 nitrogen and oxygen atoms in total. The number of aromatic nitrogens is 2. The lowest BCUT2D eigenvalue weighted by Crippen LogP contribution is -2.15. The molecular formula is C14H14N2OS. The summed E-state index contributed by atoms with van der Waals surface area (Å²) in [6.45, 7) is 4.08. The number of aryl methyl sites for hydroxylation is 2. The lowest BCUT2D eigenvalue weighted by Gasteiger charge is -2.07. The van der Waals surface area contributed by atoms with Gasteiger partial charge in [0.15, 0.2) is 0 Å². The largest absolute Gasteiger partial charge is 0.306 e. The van der Waals surface area contributed by atoms with Crippen molar-refractivity contribution in [1.82, 2.24) is 9.97 Å². The number of rotatable bonds is 1. The van der Waals surface area contributed by atoms with Crippen LogP contribution in [0.2, 0.25) is 0 Å². The van der Waals surface area contributed by atoms with E-state index in [-0.39, 0.29) is 5.56 Å². The van der Waals surface area contributed by atoms with Gasteiger partial charge in [0.05, 0.1) is 5.69 Å². The maximum atomic E-state index is 12.0. The molecule has 0 bridgehead atoms. The van der Waals surface area contributed by atoms with Crippen molar-refractivity contribution >= 4 is 11.8 Å². The molecule has 92 valence electrons. The minimum atomic E-state index is 0.0147. The lowest BCUT2D eigenvalue weighted by atomic mass is 10.0. The quantitative estimate of drug-likeness (QED) is 0.855. The van der Waals surface area contributed by atoms with Crippen molar-refractivity contribution in [2.75, 3.05) is 0 Å². The van der Waals surface area contributed by atoms with Crippen molar-refractivity contribution in [3.8, 4) is 11.4 Å². The zero-order chi connectivity index (χ0) is 12.7. The van der Waals surface area contributed by atoms with Crippen LogP contribution in [0.25, 0.3) is 11.4 Å². The number of hydrogen-bond acceptors (Lipinski definition) is 3. The molecule has 2 aromatic rings. The van der Waals surface area contributed by atoms with Gasteiger partial charge in [0.25, 0.3) is 5.56 Å². The smallest absolute Gasteiger partial charge is 0.255 e. The van der Waals surface area contributed by atoms with Crippen molar-refractivity contribution in [3.05, 3.63) is 50.9 Å². The monoisotopic (exact) mass is 258 g/mol. The number of hydrogen-bond donors (Lipinski definition) is 1. The van der Waals surface area contributed by atoms with Crippen LogP contribution in [0, 0.1) is 13.8 Å². The number of benzene rings is 1. The first-order valence-corrected chi connectivity index (χ1v) is 7.08. The van der Waals surface area contributed by atoms with E-state index in [1.165, 1.54) is 5.56 Å². The average molecular weight is 258 g/mol. The fraction of sp³-hybridized carbons (Fsp3) is 0.286. The van der Waals surface area contributed by atoms with Gasteiger partial charge in [0.2, 0.25) is 0 Å². The number of thioether (sulfide) groups is 1. The molecule has 0 aliphatic carbocycles. The summed E-state index contributed by atoms with van der Waals surface area (Å²) in [4.78, 5) is 19.5. The second kappa shape index (κ2) is 4.28. The van der Waals surface area contributed by atoms with Gasteiger partial charge in [-0.2, -0.15) is 11.8 Å². The highest BCUT2D eigenvalue weighted by atomic mass is 32.2. The molecule has 1 N–H and O–H groups in total. The van der Waals surface area contributed by atoms with Gasteiger partial charge in [-0.3, -0.25) is 4.79 Å². The number of fused-ring (bicyclic) bond motifs is 1. The predicted octanol–water partition coefficient (Wildman–Crippen LogP) is 2.80. The fourth-order valence-electron chi connectivity index (χ4n) is 2.18. The van der Waals surface area contributed by atoms with Gasteiger partial charge < -0.3 is 4.98 Å². The van der Waals surface area contributed by atoms with Crippen molar-refractivity contribution in [3.63, 3.8) is 0 Å². The van der Waals surface area contributed by atoms with Crippen molar-refractivity contribution in [2.24, 2.45) is 0 Å². The van der Waals surface area contributed by atoms with Gasteiger partial charge in [-0.15, -0.1) is 0 Å². The minimum absolute atomic E-state index is 0.0147. The maximum absolute atomic E-state index is 12.0. The molecule has 0 amide bonds. The van der Waals surface area contributed by atoms with Crippen molar-refractivity contribution in [1.29, 1.82) is 0 Å². The molecular weight excluding hydrogens is 244 g/mol. The van der Waals surface area contributed by atoms with E-state index in [0.29, 0.717) is 5.82 Å². The summed E-state index contributed by atoms with van der Waals surface area (Å²) in [6, 6.07) is 6.20. The fourth-order valence-corrected chi connectivity index (χ4v) is 3.22. The number of H-pyrrole nitrogens is 1. The average Bonchev–Trinajstić information content (AvgIpc) is 2.81. The molecule has 0 saturated carbocycles. The third-order valence-electron chi connectivity index (χ3n) is 3.23. The maximum Gasteiger partial charge on any atom is 0.255 e. The highest BCUT2D eigenvalue weighted by molar-refractivity contribution is 7.98. The summed E-state index contributed by atoms with van der Waals surface area (Å²) in [5, 5.41) is 0. The van der Waals surface area contributed by atoms with Crippen LogP contribution in [0.15, 0.2) is 23.0 Å². The lowest BCUT2D eigenvalue weighted by molar-refractivity contribution is 1.03. The normalized spacial score (nSPS) is 13.7. The van der Waals surface area contributed by atoms with Crippen LogP contribution in [0.1, 0.15) is 22.4 Å². The third kappa shape index (κ3) is 1.86. The zero-order valence-corrected chi connectivity index (χ0v) is 11.2. The summed E-state index contributed by atoms with van der Waals surface area (Å²) in [5.74, 6) is 2.32. The van der Waals surface area contributed by atoms with Crippen LogP contribution in [-0.2, 0) is 11.5 Å². The van der Waals surface area contributed by atoms with Gasteiger partial charge in [0.1, 0.15) is 5.82 Å². The van der Waals surface area contributed by atoms with E-state index in [0.717, 1.165) is 33.9 Å². The molecule has 1 aliphatic heterocycles. The molecule has 1 aromatic heterocycles. The third-order valence-corrected chi connectivity index (χ3v) is 4.20. The van der Waals surface area contributed by atoms with Gasteiger partial charge >= 0.3 is 0 Å². The van der Waals surface area contributed by atoms with Crippen molar-refractivity contribution < 1.29 is 0 Å². The van der Waals surface area contributed by atoms with E-state index in [2.05, 4.69) is 28.2 Å². The van der Waals surface area contributed by atoms with E-state index < -0.39 is 0 Å². The van der Waals surface area contributed by atoms with Crippen molar-refractivity contribution in [2.45, 2.75) is 25.4 Å².